The molecule has 0 bridgehead atoms. The third-order valence-corrected chi connectivity index (χ3v) is 3.04. The number of hydrogen-bond donors (Lipinski definition) is 4. The zero-order valence-corrected chi connectivity index (χ0v) is 14.8. The minimum absolute atomic E-state index is 0.0703. The lowest BCUT2D eigenvalue weighted by molar-refractivity contribution is -0.145. The van der Waals surface area contributed by atoms with E-state index >= 15 is 0 Å². The van der Waals surface area contributed by atoms with Crippen LogP contribution < -0.4 is 0 Å². The zero-order valence-electron chi connectivity index (χ0n) is 14.8. The zero-order chi connectivity index (χ0) is 21.5. The van der Waals surface area contributed by atoms with Crippen LogP contribution in [0.5, 0.6) is 0 Å². The van der Waals surface area contributed by atoms with E-state index in [4.69, 9.17) is 25.8 Å². The number of hydrogen-bond acceptors (Lipinski definition) is 7. The Hall–Kier alpha value is -3.56. The number of aliphatic carboxylic acids is 4. The van der Waals surface area contributed by atoms with Gasteiger partial charge >= 0.3 is 29.6 Å². The Morgan fingerprint density at radius 1 is 0.714 bits per heavy atom. The number of carboxylic acids is 4. The van der Waals surface area contributed by atoms with Crippen molar-refractivity contribution in [2.24, 2.45) is 0 Å². The first-order valence-corrected chi connectivity index (χ1v) is 7.86. The Kier molecular flexibility index (Phi) is 11.9. The maximum Gasteiger partial charge on any atom is 0.385 e. The summed E-state index contributed by atoms with van der Waals surface area (Å²) in [5.41, 5.74) is 0.590. The lowest BCUT2D eigenvalue weighted by Crippen LogP contribution is -2.43. The highest BCUT2D eigenvalue weighted by Gasteiger charge is 2.17. The maximum atomic E-state index is 10.6. The molecule has 0 aliphatic carbocycles. The number of carboxylic acid groups (broad SMARTS) is 4. The molecular formula is C16H21N4O8+. The predicted octanol–water partition coefficient (Wildman–Crippen LogP) is 0.1000. The van der Waals surface area contributed by atoms with Gasteiger partial charge < -0.3 is 20.4 Å². The van der Waals surface area contributed by atoms with Crippen LogP contribution in [0, 0.1) is 5.39 Å². The van der Waals surface area contributed by atoms with Crippen LogP contribution in [0.1, 0.15) is 0 Å². The first-order valence-electron chi connectivity index (χ1n) is 7.86. The van der Waals surface area contributed by atoms with E-state index in [0.29, 0.717) is 5.69 Å². The maximum absolute atomic E-state index is 10.6. The van der Waals surface area contributed by atoms with Crippen molar-refractivity contribution in [1.82, 2.24) is 9.80 Å². The molecule has 0 saturated heterocycles. The normalized spacial score (nSPS) is 9.89. The second-order valence-corrected chi connectivity index (χ2v) is 5.43. The fourth-order valence-electron chi connectivity index (χ4n) is 1.97. The van der Waals surface area contributed by atoms with Gasteiger partial charge in [-0.2, -0.15) is 0 Å². The number of carbonyl (C=O) groups is 4. The van der Waals surface area contributed by atoms with Crippen molar-refractivity contribution in [3.63, 3.8) is 0 Å². The number of diazo groups is 1. The predicted molar refractivity (Wildman–Crippen MR) is 94.6 cm³/mol. The smallest absolute Gasteiger partial charge is 0.385 e. The number of rotatable bonds is 11. The van der Waals surface area contributed by atoms with Crippen LogP contribution in [-0.4, -0.2) is 93.4 Å². The molecule has 1 rings (SSSR count). The molecule has 12 nitrogen and oxygen atoms in total. The summed E-state index contributed by atoms with van der Waals surface area (Å²) in [4.78, 5) is 47.3. The van der Waals surface area contributed by atoms with Gasteiger partial charge in [0.1, 0.15) is 0 Å². The molecule has 4 N–H and O–H groups in total. The van der Waals surface area contributed by atoms with Gasteiger partial charge in [0.25, 0.3) is 0 Å². The van der Waals surface area contributed by atoms with E-state index < -0.39 is 50.1 Å². The molecule has 28 heavy (non-hydrogen) atoms. The average Bonchev–Trinajstić information content (AvgIpc) is 2.59. The van der Waals surface area contributed by atoms with Gasteiger partial charge in [0.2, 0.25) is 5.39 Å². The summed E-state index contributed by atoms with van der Waals surface area (Å²) < 4.78 is 0. The van der Waals surface area contributed by atoms with E-state index in [0.717, 1.165) is 9.80 Å². The van der Waals surface area contributed by atoms with Gasteiger partial charge in [-0.15, -0.1) is 0 Å². The SMILES string of the molecule is N#[N+]c1ccccc1.O=C(O)CN(CCN(CC(=O)O)CC(=O)O)CC(=O)O. The molecule has 152 valence electrons. The van der Waals surface area contributed by atoms with Crippen LogP contribution >= 0.6 is 0 Å². The van der Waals surface area contributed by atoms with Gasteiger partial charge in [-0.05, 0) is 0 Å². The molecule has 1 aromatic carbocycles. The average molecular weight is 397 g/mol. The van der Waals surface area contributed by atoms with E-state index in [2.05, 4.69) is 4.98 Å². The fraction of sp³-hybridized carbons (Fsp3) is 0.375. The third kappa shape index (κ3) is 13.7. The van der Waals surface area contributed by atoms with Crippen molar-refractivity contribution >= 4 is 29.6 Å². The van der Waals surface area contributed by atoms with Crippen molar-refractivity contribution < 1.29 is 39.6 Å². The first kappa shape index (κ1) is 24.4. The van der Waals surface area contributed by atoms with E-state index in [9.17, 15) is 19.2 Å². The lowest BCUT2D eigenvalue weighted by atomic mass is 10.3. The highest BCUT2D eigenvalue weighted by molar-refractivity contribution is 5.73. The molecule has 0 radical (unpaired) electrons. The van der Waals surface area contributed by atoms with Gasteiger partial charge in [0.15, 0.2) is 4.98 Å². The van der Waals surface area contributed by atoms with Crippen LogP contribution in [0.25, 0.3) is 4.98 Å². The topological polar surface area (TPSA) is 184 Å². The second kappa shape index (κ2) is 13.6. The molecule has 0 aliphatic heterocycles. The van der Waals surface area contributed by atoms with E-state index in [-0.39, 0.29) is 13.1 Å². The molecule has 0 atom stereocenters. The number of benzene rings is 1. The molecular weight excluding hydrogens is 376 g/mol. The van der Waals surface area contributed by atoms with Crippen LogP contribution in [0.3, 0.4) is 0 Å². The Morgan fingerprint density at radius 2 is 1.04 bits per heavy atom. The van der Waals surface area contributed by atoms with Crippen LogP contribution in [-0.2, 0) is 19.2 Å². The number of nitrogens with zero attached hydrogens (tertiary/aromatic N) is 4. The van der Waals surface area contributed by atoms with Crippen molar-refractivity contribution in [2.45, 2.75) is 0 Å². The third-order valence-electron chi connectivity index (χ3n) is 3.04. The molecule has 0 spiro atoms. The van der Waals surface area contributed by atoms with Gasteiger partial charge in [-0.3, -0.25) is 29.0 Å². The summed E-state index contributed by atoms with van der Waals surface area (Å²) in [6.07, 6.45) is 0. The van der Waals surface area contributed by atoms with Crippen molar-refractivity contribution in [3.05, 3.63) is 35.3 Å². The fourth-order valence-corrected chi connectivity index (χ4v) is 1.97. The summed E-state index contributed by atoms with van der Waals surface area (Å²) in [7, 11) is 0. The van der Waals surface area contributed by atoms with E-state index in [1.54, 1.807) is 12.1 Å². The molecule has 0 unspecified atom stereocenters. The largest absolute Gasteiger partial charge is 0.480 e. The molecule has 0 fully saturated rings. The molecule has 0 saturated carbocycles. The van der Waals surface area contributed by atoms with Gasteiger partial charge in [-0.25, -0.2) is 0 Å². The van der Waals surface area contributed by atoms with Crippen molar-refractivity contribution in [1.29, 1.82) is 5.39 Å². The van der Waals surface area contributed by atoms with Crippen LogP contribution in [0.15, 0.2) is 30.3 Å². The Balaban J connectivity index is 0.000000749. The minimum atomic E-state index is -1.23. The standard InChI is InChI=1S/C10H16N2O8.C6H5N2/c13-7(14)3-11(4-8(15)16)1-2-12(5-9(17)18)6-10(19)20;7-8-6-4-2-1-3-5-6/h1-6H2,(H,13,14)(H,15,16)(H,17,18)(H,19,20);1-5H/q;+1. The summed E-state index contributed by atoms with van der Waals surface area (Å²) in [6.45, 7) is -2.25. The van der Waals surface area contributed by atoms with Crippen molar-refractivity contribution in [2.75, 3.05) is 39.3 Å². The van der Waals surface area contributed by atoms with E-state index in [1.165, 1.54) is 0 Å². The summed E-state index contributed by atoms with van der Waals surface area (Å²) in [6, 6.07) is 8.94. The van der Waals surface area contributed by atoms with Gasteiger partial charge in [0.05, 0.1) is 26.2 Å². The first-order chi connectivity index (χ1) is 13.1. The summed E-state index contributed by atoms with van der Waals surface area (Å²) in [5, 5.41) is 42.6. The quantitative estimate of drug-likeness (QED) is 0.371. The molecule has 0 amide bonds. The summed E-state index contributed by atoms with van der Waals surface area (Å²) in [5.74, 6) is -4.91. The lowest BCUT2D eigenvalue weighted by Gasteiger charge is -2.23. The summed E-state index contributed by atoms with van der Waals surface area (Å²) >= 11 is 0. The highest BCUT2D eigenvalue weighted by Crippen LogP contribution is 2.07. The Bertz CT molecular complexity index is 636. The second-order valence-electron chi connectivity index (χ2n) is 5.43. The van der Waals surface area contributed by atoms with Crippen molar-refractivity contribution in [3.8, 4) is 0 Å². The van der Waals surface area contributed by atoms with E-state index in [1.807, 2.05) is 18.2 Å². The van der Waals surface area contributed by atoms with Gasteiger partial charge in [-0.1, -0.05) is 18.2 Å². The Labute approximate surface area is 159 Å². The molecule has 0 aliphatic rings. The van der Waals surface area contributed by atoms with Crippen LogP contribution in [0.2, 0.25) is 0 Å². The Morgan fingerprint density at radius 3 is 1.25 bits per heavy atom. The van der Waals surface area contributed by atoms with Crippen LogP contribution in [0.4, 0.5) is 5.69 Å². The molecule has 0 heterocycles. The minimum Gasteiger partial charge on any atom is -0.480 e. The monoisotopic (exact) mass is 397 g/mol. The molecule has 1 aromatic rings. The molecule has 12 heteroatoms. The highest BCUT2D eigenvalue weighted by atomic mass is 16.4. The van der Waals surface area contributed by atoms with Gasteiger partial charge in [0, 0.05) is 25.2 Å². The molecule has 0 aromatic heterocycles.